The maximum absolute atomic E-state index is 13.3. The molecular weight excluding hydrogens is 421 g/mol. The van der Waals surface area contributed by atoms with Crippen molar-refractivity contribution < 1.29 is 13.9 Å². The highest BCUT2D eigenvalue weighted by atomic mass is 32.2. The van der Waals surface area contributed by atoms with Crippen LogP contribution in [0.1, 0.15) is 26.3 Å². The number of morpholine rings is 1. The third kappa shape index (κ3) is 3.63. The first-order chi connectivity index (χ1) is 14.9. The fourth-order valence-electron chi connectivity index (χ4n) is 4.26. The third-order valence-electron chi connectivity index (χ3n) is 5.62. The minimum absolute atomic E-state index is 0.000691. The molecule has 5 rings (SSSR count). The van der Waals surface area contributed by atoms with Gasteiger partial charge in [0.2, 0.25) is 5.91 Å². The number of hydrogen-bond acceptors (Lipinski definition) is 6. The highest BCUT2D eigenvalue weighted by Crippen LogP contribution is 2.34. The Morgan fingerprint density at radius 2 is 1.94 bits per heavy atom. The summed E-state index contributed by atoms with van der Waals surface area (Å²) in [6.07, 6.45) is 1.73. The second-order valence-corrected chi connectivity index (χ2v) is 9.05. The van der Waals surface area contributed by atoms with Crippen LogP contribution < -0.4 is 5.56 Å². The zero-order chi connectivity index (χ0) is 21.7. The van der Waals surface area contributed by atoms with Gasteiger partial charge in [-0.2, -0.15) is 5.10 Å². The lowest BCUT2D eigenvalue weighted by molar-refractivity contribution is -0.143. The molecule has 162 valence electrons. The smallest absolute Gasteiger partial charge is 0.265 e. The predicted molar refractivity (Wildman–Crippen MR) is 114 cm³/mol. The lowest BCUT2D eigenvalue weighted by Crippen LogP contribution is -2.48. The van der Waals surface area contributed by atoms with E-state index in [4.69, 9.17) is 4.74 Å². The number of nitrogens with zero attached hydrogens (tertiary/aromatic N) is 5. The monoisotopic (exact) mass is 443 g/mol. The van der Waals surface area contributed by atoms with E-state index in [1.165, 1.54) is 34.8 Å². The number of carbonyl (C=O) groups is 1. The van der Waals surface area contributed by atoms with Gasteiger partial charge in [0.15, 0.2) is 10.8 Å². The Bertz CT molecular complexity index is 1200. The van der Waals surface area contributed by atoms with Crippen LogP contribution in [0, 0.1) is 5.82 Å². The molecule has 2 aromatic heterocycles. The number of rotatable bonds is 3. The van der Waals surface area contributed by atoms with Crippen molar-refractivity contribution in [3.05, 3.63) is 46.6 Å². The summed E-state index contributed by atoms with van der Waals surface area (Å²) in [7, 11) is 0. The molecule has 3 aromatic rings. The lowest BCUT2D eigenvalue weighted by Gasteiger charge is -2.35. The van der Waals surface area contributed by atoms with Crippen LogP contribution >= 0.6 is 11.8 Å². The predicted octanol–water partition coefficient (Wildman–Crippen LogP) is 2.39. The summed E-state index contributed by atoms with van der Waals surface area (Å²) in [6.45, 7) is 5.04. The Morgan fingerprint density at radius 3 is 2.65 bits per heavy atom. The number of halogens is 1. The van der Waals surface area contributed by atoms with Crippen molar-refractivity contribution in [2.45, 2.75) is 43.7 Å². The third-order valence-corrected chi connectivity index (χ3v) is 6.72. The van der Waals surface area contributed by atoms with Crippen LogP contribution in [0.4, 0.5) is 4.39 Å². The molecule has 1 saturated heterocycles. The van der Waals surface area contributed by atoms with E-state index in [0.29, 0.717) is 40.7 Å². The first kappa shape index (κ1) is 20.2. The van der Waals surface area contributed by atoms with Crippen molar-refractivity contribution in [3.63, 3.8) is 0 Å². The van der Waals surface area contributed by atoms with Gasteiger partial charge >= 0.3 is 0 Å². The van der Waals surface area contributed by atoms with Crippen molar-refractivity contribution >= 4 is 28.7 Å². The van der Waals surface area contributed by atoms with Gasteiger partial charge in [-0.1, -0.05) is 11.8 Å². The van der Waals surface area contributed by atoms with E-state index in [1.54, 1.807) is 16.7 Å². The summed E-state index contributed by atoms with van der Waals surface area (Å²) >= 11 is 1.46. The van der Waals surface area contributed by atoms with Gasteiger partial charge in [-0.05, 0) is 38.1 Å². The lowest BCUT2D eigenvalue weighted by atomic mass is 10.1. The molecule has 10 heteroatoms. The molecule has 2 aliphatic rings. The number of benzene rings is 1. The number of carbonyl (C=O) groups excluding carboxylic acids is 1. The maximum atomic E-state index is 13.3. The van der Waals surface area contributed by atoms with Crippen molar-refractivity contribution in [1.82, 2.24) is 24.2 Å². The van der Waals surface area contributed by atoms with Crippen LogP contribution in [0.2, 0.25) is 0 Å². The summed E-state index contributed by atoms with van der Waals surface area (Å²) in [4.78, 5) is 32.6. The van der Waals surface area contributed by atoms with E-state index in [2.05, 4.69) is 10.1 Å². The minimum atomic E-state index is -0.346. The Hall–Kier alpha value is -2.72. The molecule has 0 N–H and O–H groups in total. The van der Waals surface area contributed by atoms with Crippen LogP contribution in [-0.4, -0.2) is 61.2 Å². The molecule has 1 aromatic carbocycles. The fourth-order valence-corrected chi connectivity index (χ4v) is 5.39. The molecule has 8 nitrogen and oxygen atoms in total. The Labute approximate surface area is 182 Å². The SMILES string of the molecule is C[C@@H]1CN(C(=O)C[C@H]2CSc3nc4c(cnn4-c4ccc(F)cc4)c(=O)n32)C[C@H](C)O1. The Morgan fingerprint density at radius 1 is 1.23 bits per heavy atom. The zero-order valence-electron chi connectivity index (χ0n) is 17.2. The second kappa shape index (κ2) is 7.76. The highest BCUT2D eigenvalue weighted by molar-refractivity contribution is 7.99. The van der Waals surface area contributed by atoms with Gasteiger partial charge in [-0.3, -0.25) is 14.2 Å². The summed E-state index contributed by atoms with van der Waals surface area (Å²) < 4.78 is 22.1. The van der Waals surface area contributed by atoms with Crippen molar-refractivity contribution in [3.8, 4) is 5.69 Å². The first-order valence-corrected chi connectivity index (χ1v) is 11.2. The van der Waals surface area contributed by atoms with Gasteiger partial charge in [0, 0.05) is 25.3 Å². The molecule has 31 heavy (non-hydrogen) atoms. The maximum Gasteiger partial charge on any atom is 0.265 e. The van der Waals surface area contributed by atoms with Crippen LogP contribution in [0.3, 0.4) is 0 Å². The zero-order valence-corrected chi connectivity index (χ0v) is 18.0. The van der Waals surface area contributed by atoms with E-state index < -0.39 is 0 Å². The quantitative estimate of drug-likeness (QED) is 0.578. The molecule has 1 amide bonds. The average Bonchev–Trinajstić information content (AvgIpc) is 3.33. The van der Waals surface area contributed by atoms with Gasteiger partial charge < -0.3 is 9.64 Å². The summed E-state index contributed by atoms with van der Waals surface area (Å²) in [5.74, 6) is 0.288. The van der Waals surface area contributed by atoms with Crippen LogP contribution in [-0.2, 0) is 9.53 Å². The summed E-state index contributed by atoms with van der Waals surface area (Å²) in [5, 5.41) is 5.24. The average molecular weight is 444 g/mol. The molecule has 0 unspecified atom stereocenters. The normalized spacial score (nSPS) is 23.3. The van der Waals surface area contributed by atoms with E-state index >= 15 is 0 Å². The number of ether oxygens (including phenoxy) is 1. The Balaban J connectivity index is 1.45. The standard InChI is InChI=1S/C21H22FN5O3S/c1-12-9-25(10-13(2)30-12)18(28)7-16-11-31-21-24-19-17(20(29)26(16)21)8-23-27(19)15-5-3-14(22)4-6-15/h3-6,8,12-13,16H,7,9-11H2,1-2H3/t12-,13+,16-/m0/s1. The van der Waals surface area contributed by atoms with E-state index in [0.717, 1.165) is 0 Å². The molecule has 0 bridgehead atoms. The van der Waals surface area contributed by atoms with Gasteiger partial charge in [0.05, 0.1) is 30.1 Å². The number of amides is 1. The van der Waals surface area contributed by atoms with Crippen LogP contribution in [0.5, 0.6) is 0 Å². The Kier molecular flexibility index (Phi) is 5.05. The van der Waals surface area contributed by atoms with E-state index in [1.807, 2.05) is 18.7 Å². The molecule has 0 spiro atoms. The van der Waals surface area contributed by atoms with Gasteiger partial charge in [-0.25, -0.2) is 14.1 Å². The van der Waals surface area contributed by atoms with Crippen molar-refractivity contribution in [2.24, 2.45) is 0 Å². The molecule has 3 atom stereocenters. The first-order valence-electron chi connectivity index (χ1n) is 10.2. The second-order valence-electron chi connectivity index (χ2n) is 8.06. The van der Waals surface area contributed by atoms with Gasteiger partial charge in [-0.15, -0.1) is 0 Å². The van der Waals surface area contributed by atoms with Crippen molar-refractivity contribution in [1.29, 1.82) is 0 Å². The number of fused-ring (bicyclic) bond motifs is 2. The molecule has 1 fully saturated rings. The number of aromatic nitrogens is 4. The molecular formula is C21H22FN5O3S. The van der Waals surface area contributed by atoms with Crippen LogP contribution in [0.25, 0.3) is 16.7 Å². The van der Waals surface area contributed by atoms with E-state index in [9.17, 15) is 14.0 Å². The highest BCUT2D eigenvalue weighted by Gasteiger charge is 2.33. The van der Waals surface area contributed by atoms with Crippen molar-refractivity contribution in [2.75, 3.05) is 18.8 Å². The number of thioether (sulfide) groups is 1. The van der Waals surface area contributed by atoms with Gasteiger partial charge in [0.25, 0.3) is 5.56 Å². The fraction of sp³-hybridized carbons (Fsp3) is 0.429. The molecule has 0 radical (unpaired) electrons. The summed E-state index contributed by atoms with van der Waals surface area (Å²) in [5.41, 5.74) is 0.844. The van der Waals surface area contributed by atoms with E-state index in [-0.39, 0.29) is 42.0 Å². The topological polar surface area (TPSA) is 82.3 Å². The minimum Gasteiger partial charge on any atom is -0.372 e. The molecule has 0 aliphatic carbocycles. The number of hydrogen-bond donors (Lipinski definition) is 0. The largest absolute Gasteiger partial charge is 0.372 e. The van der Waals surface area contributed by atoms with Gasteiger partial charge in [0.1, 0.15) is 11.2 Å². The summed E-state index contributed by atoms with van der Waals surface area (Å²) in [6, 6.07) is 5.61. The molecule has 2 aliphatic heterocycles. The molecule has 0 saturated carbocycles. The van der Waals surface area contributed by atoms with Crippen LogP contribution in [0.15, 0.2) is 40.4 Å². The molecule has 4 heterocycles.